The van der Waals surface area contributed by atoms with E-state index in [4.69, 9.17) is 9.47 Å². The third-order valence-electron chi connectivity index (χ3n) is 5.39. The second-order valence-electron chi connectivity index (χ2n) is 7.08. The molecule has 0 spiro atoms. The third-order valence-corrected chi connectivity index (χ3v) is 5.39. The maximum absolute atomic E-state index is 13.4. The molecule has 4 rings (SSSR count). The number of amides is 1. The van der Waals surface area contributed by atoms with Crippen molar-refractivity contribution in [3.63, 3.8) is 0 Å². The molecule has 0 radical (unpaired) electrons. The first kappa shape index (κ1) is 18.3. The molecule has 2 aromatic heterocycles. The van der Waals surface area contributed by atoms with E-state index in [2.05, 4.69) is 10.1 Å². The molecule has 1 aliphatic heterocycles. The summed E-state index contributed by atoms with van der Waals surface area (Å²) in [6.45, 7) is 4.52. The van der Waals surface area contributed by atoms with Crippen LogP contribution in [0.5, 0.6) is 11.5 Å². The van der Waals surface area contributed by atoms with Gasteiger partial charge in [0.15, 0.2) is 5.65 Å². The third kappa shape index (κ3) is 2.96. The molecule has 3 aromatic rings. The summed E-state index contributed by atoms with van der Waals surface area (Å²) in [5.74, 6) is 1.48. The number of aryl methyl sites for hydroxylation is 2. The van der Waals surface area contributed by atoms with Crippen LogP contribution in [-0.4, -0.2) is 46.2 Å². The van der Waals surface area contributed by atoms with E-state index in [9.17, 15) is 4.79 Å². The largest absolute Gasteiger partial charge is 0.497 e. The van der Waals surface area contributed by atoms with E-state index < -0.39 is 0 Å². The molecule has 7 heteroatoms. The fraction of sp³-hybridized carbons (Fsp3) is 0.381. The summed E-state index contributed by atoms with van der Waals surface area (Å²) in [6, 6.07) is 7.56. The molecule has 1 saturated heterocycles. The fourth-order valence-corrected chi connectivity index (χ4v) is 3.96. The number of aromatic nitrogens is 3. The van der Waals surface area contributed by atoms with Gasteiger partial charge >= 0.3 is 0 Å². The molecule has 0 unspecified atom stereocenters. The number of rotatable bonds is 4. The number of carbonyl (C=O) groups excluding carboxylic acids is 1. The second kappa shape index (κ2) is 7.14. The zero-order valence-electron chi connectivity index (χ0n) is 16.6. The highest BCUT2D eigenvalue weighted by Gasteiger charge is 2.33. The Labute approximate surface area is 163 Å². The van der Waals surface area contributed by atoms with Crippen LogP contribution in [0.4, 0.5) is 0 Å². The molecule has 3 heterocycles. The van der Waals surface area contributed by atoms with E-state index in [0.29, 0.717) is 12.1 Å². The normalized spacial score (nSPS) is 16.6. The van der Waals surface area contributed by atoms with Gasteiger partial charge in [-0.05, 0) is 44.9 Å². The van der Waals surface area contributed by atoms with Crippen molar-refractivity contribution >= 4 is 11.6 Å². The Kier molecular flexibility index (Phi) is 4.66. The van der Waals surface area contributed by atoms with Crippen LogP contribution in [0.2, 0.25) is 0 Å². The van der Waals surface area contributed by atoms with Gasteiger partial charge in [-0.25, -0.2) is 9.50 Å². The number of methoxy groups -OCH3 is 2. The summed E-state index contributed by atoms with van der Waals surface area (Å²) in [5, 5.41) is 4.46. The summed E-state index contributed by atoms with van der Waals surface area (Å²) in [5.41, 5.74) is 3.96. The number of hydrogen-bond donors (Lipinski definition) is 0. The number of benzene rings is 1. The van der Waals surface area contributed by atoms with Gasteiger partial charge in [-0.1, -0.05) is 0 Å². The molecule has 7 nitrogen and oxygen atoms in total. The lowest BCUT2D eigenvalue weighted by Crippen LogP contribution is -2.32. The molecule has 0 saturated carbocycles. The van der Waals surface area contributed by atoms with Crippen LogP contribution in [0.25, 0.3) is 5.65 Å². The zero-order chi connectivity index (χ0) is 19.8. The highest BCUT2D eigenvalue weighted by atomic mass is 16.5. The van der Waals surface area contributed by atoms with E-state index in [1.165, 1.54) is 0 Å². The zero-order valence-corrected chi connectivity index (χ0v) is 16.6. The number of likely N-dealkylation sites (tertiary alicyclic amines) is 1. The number of carbonyl (C=O) groups is 1. The number of fused-ring (bicyclic) bond motifs is 1. The van der Waals surface area contributed by atoms with E-state index in [-0.39, 0.29) is 11.9 Å². The van der Waals surface area contributed by atoms with Gasteiger partial charge in [-0.15, -0.1) is 0 Å². The predicted octanol–water partition coefficient (Wildman–Crippen LogP) is 3.34. The summed E-state index contributed by atoms with van der Waals surface area (Å²) in [6.07, 6.45) is 3.48. The van der Waals surface area contributed by atoms with E-state index in [1.807, 2.05) is 43.0 Å². The van der Waals surface area contributed by atoms with Gasteiger partial charge in [0, 0.05) is 24.4 Å². The van der Waals surface area contributed by atoms with Crippen molar-refractivity contribution in [3.05, 3.63) is 53.0 Å². The summed E-state index contributed by atoms with van der Waals surface area (Å²) in [4.78, 5) is 19.8. The topological polar surface area (TPSA) is 69.0 Å². The van der Waals surface area contributed by atoms with Crippen LogP contribution >= 0.6 is 0 Å². The average molecular weight is 380 g/mol. The Balaban J connectivity index is 1.73. The van der Waals surface area contributed by atoms with Gasteiger partial charge in [-0.3, -0.25) is 4.79 Å². The standard InChI is InChI=1S/C21H24N4O3/c1-13-10-20-22-12-17(14(2)25(20)23-13)21(26)24-9-5-6-18(24)16-11-15(27-3)7-8-19(16)28-4/h7-8,10-12,18H,5-6,9H2,1-4H3/t18-/m0/s1. The van der Waals surface area contributed by atoms with Crippen molar-refractivity contribution in [2.45, 2.75) is 32.7 Å². The average Bonchev–Trinajstić information content (AvgIpc) is 3.33. The van der Waals surface area contributed by atoms with Crippen LogP contribution in [0, 0.1) is 13.8 Å². The summed E-state index contributed by atoms with van der Waals surface area (Å²) in [7, 11) is 3.29. The van der Waals surface area contributed by atoms with E-state index >= 15 is 0 Å². The minimum absolute atomic E-state index is 0.0348. The smallest absolute Gasteiger partial charge is 0.257 e. The molecule has 1 fully saturated rings. The van der Waals surface area contributed by atoms with Crippen LogP contribution < -0.4 is 9.47 Å². The van der Waals surface area contributed by atoms with Crippen molar-refractivity contribution in [2.24, 2.45) is 0 Å². The number of hydrogen-bond acceptors (Lipinski definition) is 5. The molecule has 0 aliphatic carbocycles. The van der Waals surface area contributed by atoms with Gasteiger partial charge in [0.05, 0.1) is 37.2 Å². The lowest BCUT2D eigenvalue weighted by Gasteiger charge is -2.27. The van der Waals surface area contributed by atoms with Crippen LogP contribution in [0.15, 0.2) is 30.5 Å². The molecule has 1 aromatic carbocycles. The second-order valence-corrected chi connectivity index (χ2v) is 7.08. The first-order chi connectivity index (χ1) is 13.5. The van der Waals surface area contributed by atoms with Crippen molar-refractivity contribution in [1.29, 1.82) is 0 Å². The van der Waals surface area contributed by atoms with Crippen molar-refractivity contribution in [3.8, 4) is 11.5 Å². The molecule has 146 valence electrons. The van der Waals surface area contributed by atoms with Crippen molar-refractivity contribution < 1.29 is 14.3 Å². The maximum atomic E-state index is 13.4. The predicted molar refractivity (Wildman–Crippen MR) is 105 cm³/mol. The molecule has 1 atom stereocenters. The molecule has 28 heavy (non-hydrogen) atoms. The van der Waals surface area contributed by atoms with Crippen molar-refractivity contribution in [1.82, 2.24) is 19.5 Å². The maximum Gasteiger partial charge on any atom is 0.257 e. The molecular formula is C21H24N4O3. The highest BCUT2D eigenvalue weighted by molar-refractivity contribution is 5.95. The van der Waals surface area contributed by atoms with E-state index in [0.717, 1.165) is 46.9 Å². The van der Waals surface area contributed by atoms with Crippen molar-refractivity contribution in [2.75, 3.05) is 20.8 Å². The Morgan fingerprint density at radius 1 is 1.18 bits per heavy atom. The Bertz CT molecular complexity index is 1040. The quantitative estimate of drug-likeness (QED) is 0.694. The molecule has 0 bridgehead atoms. The van der Waals surface area contributed by atoms with E-state index in [1.54, 1.807) is 24.9 Å². The summed E-state index contributed by atoms with van der Waals surface area (Å²) >= 11 is 0. The molecule has 1 amide bonds. The van der Waals surface area contributed by atoms with Gasteiger partial charge in [0.2, 0.25) is 0 Å². The Morgan fingerprint density at radius 2 is 2.00 bits per heavy atom. The fourth-order valence-electron chi connectivity index (χ4n) is 3.96. The SMILES string of the molecule is COc1ccc(OC)c([C@@H]2CCCN2C(=O)c2cnc3cc(C)nn3c2C)c1. The Morgan fingerprint density at radius 3 is 2.75 bits per heavy atom. The number of ether oxygens (including phenoxy) is 2. The van der Waals surface area contributed by atoms with Crippen LogP contribution in [-0.2, 0) is 0 Å². The first-order valence-electron chi connectivity index (χ1n) is 9.38. The van der Waals surface area contributed by atoms with Gasteiger partial charge in [0.25, 0.3) is 5.91 Å². The van der Waals surface area contributed by atoms with Gasteiger partial charge < -0.3 is 14.4 Å². The van der Waals surface area contributed by atoms with Crippen LogP contribution in [0.3, 0.4) is 0 Å². The highest BCUT2D eigenvalue weighted by Crippen LogP contribution is 2.39. The monoisotopic (exact) mass is 380 g/mol. The lowest BCUT2D eigenvalue weighted by molar-refractivity contribution is 0.0732. The summed E-state index contributed by atoms with van der Waals surface area (Å²) < 4.78 is 12.7. The minimum Gasteiger partial charge on any atom is -0.497 e. The molecular weight excluding hydrogens is 356 g/mol. The van der Waals surface area contributed by atoms with Crippen LogP contribution in [0.1, 0.15) is 46.2 Å². The Hall–Kier alpha value is -3.09. The van der Waals surface area contributed by atoms with Gasteiger partial charge in [-0.2, -0.15) is 5.10 Å². The van der Waals surface area contributed by atoms with Gasteiger partial charge in [0.1, 0.15) is 11.5 Å². The lowest BCUT2D eigenvalue weighted by atomic mass is 10.0. The number of nitrogens with zero attached hydrogens (tertiary/aromatic N) is 4. The molecule has 1 aliphatic rings. The molecule has 0 N–H and O–H groups in total. The minimum atomic E-state index is -0.0630. The first-order valence-corrected chi connectivity index (χ1v) is 9.38.